The molecule has 7 heteroatoms. The highest BCUT2D eigenvalue weighted by Gasteiger charge is 2.14. The number of aliphatic imine (C=N–C) groups is 1. The Hall–Kier alpha value is -3.61. The number of rotatable bonds is 3. The predicted octanol–water partition coefficient (Wildman–Crippen LogP) is 3.73. The highest BCUT2D eigenvalue weighted by molar-refractivity contribution is 5.81. The van der Waals surface area contributed by atoms with Crippen molar-refractivity contribution in [3.8, 4) is 11.5 Å². The van der Waals surface area contributed by atoms with E-state index in [0.717, 1.165) is 5.39 Å². The normalized spacial score (nSPS) is 11.4. The maximum absolute atomic E-state index is 12.9. The largest absolute Gasteiger partial charge is 0.422 e. The Morgan fingerprint density at radius 3 is 2.64 bits per heavy atom. The lowest BCUT2D eigenvalue weighted by Crippen LogP contribution is -2.02. The molecule has 0 atom stereocenters. The van der Waals surface area contributed by atoms with Gasteiger partial charge < -0.3 is 8.83 Å². The van der Waals surface area contributed by atoms with E-state index < -0.39 is 5.63 Å². The summed E-state index contributed by atoms with van der Waals surface area (Å²) in [7, 11) is 0. The van der Waals surface area contributed by atoms with Crippen LogP contribution < -0.4 is 5.63 Å². The molecule has 0 spiro atoms. The van der Waals surface area contributed by atoms with E-state index in [1.54, 1.807) is 30.3 Å². The van der Waals surface area contributed by atoms with Crippen LogP contribution in [0.5, 0.6) is 0 Å². The third-order valence-corrected chi connectivity index (χ3v) is 3.48. The fourth-order valence-corrected chi connectivity index (χ4v) is 2.27. The van der Waals surface area contributed by atoms with E-state index >= 15 is 0 Å². The molecular weight excluding hydrogens is 325 g/mol. The summed E-state index contributed by atoms with van der Waals surface area (Å²) in [4.78, 5) is 16.1. The van der Waals surface area contributed by atoms with Crippen molar-refractivity contribution in [1.82, 2.24) is 10.2 Å². The zero-order chi connectivity index (χ0) is 17.2. The SMILES string of the molecule is O=c1oc2ccccc2cc1-c1nnc(/N=C/c2ccc(F)cc2)o1. The van der Waals surface area contributed by atoms with E-state index in [4.69, 9.17) is 8.83 Å². The highest BCUT2D eigenvalue weighted by Crippen LogP contribution is 2.22. The Morgan fingerprint density at radius 1 is 1.00 bits per heavy atom. The van der Waals surface area contributed by atoms with E-state index in [9.17, 15) is 9.18 Å². The maximum Gasteiger partial charge on any atom is 0.349 e. The second-order valence-electron chi connectivity index (χ2n) is 5.18. The van der Waals surface area contributed by atoms with Crippen LogP contribution in [0.1, 0.15) is 5.56 Å². The zero-order valence-electron chi connectivity index (χ0n) is 12.7. The molecule has 0 radical (unpaired) electrons. The maximum atomic E-state index is 12.9. The van der Waals surface area contributed by atoms with Crippen LogP contribution in [0.2, 0.25) is 0 Å². The first-order chi connectivity index (χ1) is 12.2. The standard InChI is InChI=1S/C18H10FN3O3/c19-13-7-5-11(6-8-13)10-20-18-22-21-16(25-18)14-9-12-3-1-2-4-15(12)24-17(14)23/h1-10H/b20-10+. The Morgan fingerprint density at radius 2 is 1.80 bits per heavy atom. The molecule has 0 fully saturated rings. The fraction of sp³-hybridized carbons (Fsp3) is 0. The van der Waals surface area contributed by atoms with Gasteiger partial charge in [0.1, 0.15) is 17.0 Å². The molecular formula is C18H10FN3O3. The fourth-order valence-electron chi connectivity index (χ4n) is 2.27. The summed E-state index contributed by atoms with van der Waals surface area (Å²) in [6.45, 7) is 0. The van der Waals surface area contributed by atoms with Gasteiger partial charge in [0.05, 0.1) is 0 Å². The van der Waals surface area contributed by atoms with Gasteiger partial charge in [0.15, 0.2) is 0 Å². The van der Waals surface area contributed by atoms with Crippen molar-refractivity contribution >= 4 is 23.2 Å². The van der Waals surface area contributed by atoms with E-state index in [2.05, 4.69) is 15.2 Å². The van der Waals surface area contributed by atoms with Gasteiger partial charge in [-0.25, -0.2) is 14.2 Å². The topological polar surface area (TPSA) is 81.5 Å². The minimum absolute atomic E-state index is 0.0192. The van der Waals surface area contributed by atoms with Crippen LogP contribution in [0.25, 0.3) is 22.4 Å². The van der Waals surface area contributed by atoms with Crippen molar-refractivity contribution in [2.45, 2.75) is 0 Å². The molecule has 2 aromatic carbocycles. The molecule has 0 bridgehead atoms. The summed E-state index contributed by atoms with van der Waals surface area (Å²) in [6, 6.07) is 14.5. The van der Waals surface area contributed by atoms with Gasteiger partial charge in [0.25, 0.3) is 5.89 Å². The quantitative estimate of drug-likeness (QED) is 0.421. The minimum Gasteiger partial charge on any atom is -0.422 e. The molecule has 6 nitrogen and oxygen atoms in total. The molecule has 0 aliphatic rings. The second kappa shape index (κ2) is 6.12. The Balaban J connectivity index is 1.66. The van der Waals surface area contributed by atoms with Crippen molar-refractivity contribution in [2.24, 2.45) is 4.99 Å². The summed E-state index contributed by atoms with van der Waals surface area (Å²) in [5.41, 5.74) is 0.738. The Labute approximate surface area is 140 Å². The van der Waals surface area contributed by atoms with Crippen molar-refractivity contribution < 1.29 is 13.2 Å². The van der Waals surface area contributed by atoms with Gasteiger partial charge in [-0.1, -0.05) is 35.4 Å². The highest BCUT2D eigenvalue weighted by atomic mass is 19.1. The lowest BCUT2D eigenvalue weighted by Gasteiger charge is -1.97. The number of para-hydroxylation sites is 1. The number of nitrogens with zero attached hydrogens (tertiary/aromatic N) is 3. The monoisotopic (exact) mass is 335 g/mol. The average molecular weight is 335 g/mol. The average Bonchev–Trinajstić information content (AvgIpc) is 3.09. The van der Waals surface area contributed by atoms with Crippen molar-refractivity contribution in [3.05, 3.63) is 76.4 Å². The van der Waals surface area contributed by atoms with Crippen molar-refractivity contribution in [1.29, 1.82) is 0 Å². The molecule has 0 N–H and O–H groups in total. The lowest BCUT2D eigenvalue weighted by atomic mass is 10.2. The summed E-state index contributed by atoms with van der Waals surface area (Å²) >= 11 is 0. The molecule has 122 valence electrons. The van der Waals surface area contributed by atoms with Crippen molar-refractivity contribution in [2.75, 3.05) is 0 Å². The molecule has 0 saturated carbocycles. The number of hydrogen-bond acceptors (Lipinski definition) is 6. The third-order valence-electron chi connectivity index (χ3n) is 3.48. The van der Waals surface area contributed by atoms with Gasteiger partial charge in [0.2, 0.25) is 0 Å². The van der Waals surface area contributed by atoms with Crippen LogP contribution in [0.4, 0.5) is 10.4 Å². The molecule has 2 aromatic heterocycles. The number of aromatic nitrogens is 2. The molecule has 25 heavy (non-hydrogen) atoms. The first-order valence-electron chi connectivity index (χ1n) is 7.35. The van der Waals surface area contributed by atoms with Crippen LogP contribution in [-0.2, 0) is 0 Å². The van der Waals surface area contributed by atoms with Gasteiger partial charge in [-0.2, -0.15) is 0 Å². The summed E-state index contributed by atoms with van der Waals surface area (Å²) in [5.74, 6) is -0.314. The van der Waals surface area contributed by atoms with Gasteiger partial charge in [-0.3, -0.25) is 0 Å². The van der Waals surface area contributed by atoms with E-state index in [-0.39, 0.29) is 23.3 Å². The first-order valence-corrected chi connectivity index (χ1v) is 7.35. The second-order valence-corrected chi connectivity index (χ2v) is 5.18. The van der Waals surface area contributed by atoms with Crippen LogP contribution in [0.3, 0.4) is 0 Å². The van der Waals surface area contributed by atoms with Gasteiger partial charge in [-0.05, 0) is 29.8 Å². The van der Waals surface area contributed by atoms with Crippen LogP contribution in [0.15, 0.2) is 73.2 Å². The first kappa shape index (κ1) is 14.9. The molecule has 0 amide bonds. The number of hydrogen-bond donors (Lipinski definition) is 0. The molecule has 0 saturated heterocycles. The number of halogens is 1. The van der Waals surface area contributed by atoms with Gasteiger partial charge >= 0.3 is 11.6 Å². The van der Waals surface area contributed by atoms with Crippen molar-refractivity contribution in [3.63, 3.8) is 0 Å². The summed E-state index contributed by atoms with van der Waals surface area (Å²) < 4.78 is 23.5. The molecule has 0 aliphatic carbocycles. The van der Waals surface area contributed by atoms with Crippen LogP contribution in [0, 0.1) is 5.82 Å². The molecule has 0 unspecified atom stereocenters. The van der Waals surface area contributed by atoms with Crippen LogP contribution in [-0.4, -0.2) is 16.4 Å². The Bertz CT molecular complexity index is 1130. The molecule has 0 aliphatic heterocycles. The number of benzene rings is 2. The smallest absolute Gasteiger partial charge is 0.349 e. The summed E-state index contributed by atoms with van der Waals surface area (Å²) in [6.07, 6.45) is 1.46. The minimum atomic E-state index is -0.573. The van der Waals surface area contributed by atoms with Gasteiger partial charge in [-0.15, -0.1) is 5.10 Å². The van der Waals surface area contributed by atoms with E-state index in [1.807, 2.05) is 12.1 Å². The molecule has 4 rings (SSSR count). The lowest BCUT2D eigenvalue weighted by molar-refractivity contribution is 0.546. The Kier molecular flexibility index (Phi) is 3.66. The predicted molar refractivity (Wildman–Crippen MR) is 89.4 cm³/mol. The third kappa shape index (κ3) is 3.07. The van der Waals surface area contributed by atoms with Gasteiger partial charge in [0, 0.05) is 11.6 Å². The molecule has 4 aromatic rings. The van der Waals surface area contributed by atoms with E-state index in [0.29, 0.717) is 11.1 Å². The summed E-state index contributed by atoms with van der Waals surface area (Å²) in [5, 5.41) is 8.35. The number of fused-ring (bicyclic) bond motifs is 1. The van der Waals surface area contributed by atoms with E-state index in [1.165, 1.54) is 18.3 Å². The molecule has 2 heterocycles. The van der Waals surface area contributed by atoms with Crippen LogP contribution >= 0.6 is 0 Å². The zero-order valence-corrected chi connectivity index (χ0v) is 12.7.